The second-order valence-electron chi connectivity index (χ2n) is 5.13. The van der Waals surface area contributed by atoms with Crippen LogP contribution >= 0.6 is 12.4 Å². The molecule has 1 unspecified atom stereocenters. The minimum atomic E-state index is 0. The zero-order valence-electron chi connectivity index (χ0n) is 10.1. The van der Waals surface area contributed by atoms with Gasteiger partial charge < -0.3 is 5.73 Å². The van der Waals surface area contributed by atoms with Crippen molar-refractivity contribution in [3.63, 3.8) is 0 Å². The van der Waals surface area contributed by atoms with Crippen LogP contribution in [0.5, 0.6) is 0 Å². The fourth-order valence-electron chi connectivity index (χ4n) is 1.51. The number of nitrogens with two attached hydrogens (primary N) is 1. The molecule has 0 radical (unpaired) electrons. The molecule has 0 saturated heterocycles. The Balaban J connectivity index is 0.00000196. The van der Waals surface area contributed by atoms with E-state index in [4.69, 9.17) is 5.73 Å². The molecule has 0 aliphatic rings. The maximum absolute atomic E-state index is 5.75. The zero-order chi connectivity index (χ0) is 10.8. The van der Waals surface area contributed by atoms with Gasteiger partial charge in [0.15, 0.2) is 0 Å². The Morgan fingerprint density at radius 2 is 1.60 bits per heavy atom. The van der Waals surface area contributed by atoms with Gasteiger partial charge in [0.2, 0.25) is 0 Å². The molecule has 1 aromatic carbocycles. The van der Waals surface area contributed by atoms with Crippen molar-refractivity contribution in [2.45, 2.75) is 45.6 Å². The molecule has 1 aromatic rings. The van der Waals surface area contributed by atoms with Gasteiger partial charge in [-0.15, -0.1) is 12.4 Å². The van der Waals surface area contributed by atoms with Crippen LogP contribution in [0.2, 0.25) is 0 Å². The van der Waals surface area contributed by atoms with Gasteiger partial charge in [0, 0.05) is 6.04 Å². The molecule has 1 rings (SSSR count). The van der Waals surface area contributed by atoms with Crippen LogP contribution in [-0.2, 0) is 11.8 Å². The van der Waals surface area contributed by atoms with Gasteiger partial charge in [-0.2, -0.15) is 0 Å². The van der Waals surface area contributed by atoms with Gasteiger partial charge >= 0.3 is 0 Å². The number of benzene rings is 1. The molecule has 86 valence electrons. The van der Waals surface area contributed by atoms with Gasteiger partial charge in [-0.25, -0.2) is 0 Å². The first-order valence-electron chi connectivity index (χ1n) is 5.24. The van der Waals surface area contributed by atoms with E-state index in [9.17, 15) is 0 Å². The molecule has 0 aliphatic carbocycles. The Morgan fingerprint density at radius 3 is 1.93 bits per heavy atom. The fourth-order valence-corrected chi connectivity index (χ4v) is 1.51. The summed E-state index contributed by atoms with van der Waals surface area (Å²) in [7, 11) is 0. The Labute approximate surface area is 99.5 Å². The summed E-state index contributed by atoms with van der Waals surface area (Å²) in [5.41, 5.74) is 8.70. The van der Waals surface area contributed by atoms with Crippen molar-refractivity contribution in [1.82, 2.24) is 0 Å². The van der Waals surface area contributed by atoms with Crippen LogP contribution < -0.4 is 5.73 Å². The summed E-state index contributed by atoms with van der Waals surface area (Å²) in [6.07, 6.45) is 0.963. The van der Waals surface area contributed by atoms with E-state index >= 15 is 0 Å². The number of hydrogen-bond acceptors (Lipinski definition) is 1. The van der Waals surface area contributed by atoms with Gasteiger partial charge in [-0.1, -0.05) is 45.0 Å². The van der Waals surface area contributed by atoms with Crippen LogP contribution in [0.3, 0.4) is 0 Å². The predicted octanol–water partition coefficient (Wildman–Crippen LogP) is 3.30. The highest BCUT2D eigenvalue weighted by Crippen LogP contribution is 2.22. The second kappa shape index (κ2) is 5.53. The molecule has 2 heteroatoms. The molecule has 0 aliphatic heterocycles. The first-order chi connectivity index (χ1) is 6.39. The standard InChI is InChI=1S/C13H21N.ClH/c1-10(14)9-11-5-7-12(8-6-11)13(2,3)4;/h5-8,10H,9,14H2,1-4H3;1H. The third-order valence-electron chi connectivity index (χ3n) is 2.38. The highest BCUT2D eigenvalue weighted by molar-refractivity contribution is 5.85. The van der Waals surface area contributed by atoms with Crippen LogP contribution in [0.15, 0.2) is 24.3 Å². The molecular formula is C13H22ClN. The third-order valence-corrected chi connectivity index (χ3v) is 2.38. The molecule has 0 bridgehead atoms. The van der Waals surface area contributed by atoms with Crippen LogP contribution in [0.1, 0.15) is 38.8 Å². The zero-order valence-corrected chi connectivity index (χ0v) is 10.9. The highest BCUT2D eigenvalue weighted by atomic mass is 35.5. The molecule has 0 aromatic heterocycles. The van der Waals surface area contributed by atoms with Crippen molar-refractivity contribution in [1.29, 1.82) is 0 Å². The quantitative estimate of drug-likeness (QED) is 0.825. The Bertz CT molecular complexity index is 282. The molecule has 0 spiro atoms. The molecule has 0 heterocycles. The average molecular weight is 228 g/mol. The molecule has 15 heavy (non-hydrogen) atoms. The van der Waals surface area contributed by atoms with Gasteiger partial charge in [0.1, 0.15) is 0 Å². The minimum Gasteiger partial charge on any atom is -0.328 e. The maximum Gasteiger partial charge on any atom is 0.00509 e. The van der Waals surface area contributed by atoms with Crippen molar-refractivity contribution in [2.75, 3.05) is 0 Å². The summed E-state index contributed by atoms with van der Waals surface area (Å²) in [5.74, 6) is 0. The average Bonchev–Trinajstić information content (AvgIpc) is 2.02. The highest BCUT2D eigenvalue weighted by Gasteiger charge is 2.12. The van der Waals surface area contributed by atoms with E-state index < -0.39 is 0 Å². The lowest BCUT2D eigenvalue weighted by atomic mass is 9.86. The van der Waals surface area contributed by atoms with Crippen molar-refractivity contribution in [3.8, 4) is 0 Å². The molecule has 2 N–H and O–H groups in total. The summed E-state index contributed by atoms with van der Waals surface area (Å²) in [6.45, 7) is 8.73. The topological polar surface area (TPSA) is 26.0 Å². The third kappa shape index (κ3) is 4.67. The summed E-state index contributed by atoms with van der Waals surface area (Å²) in [4.78, 5) is 0. The van der Waals surface area contributed by atoms with E-state index in [1.807, 2.05) is 6.92 Å². The second-order valence-corrected chi connectivity index (χ2v) is 5.13. The summed E-state index contributed by atoms with van der Waals surface area (Å²) in [5, 5.41) is 0. The summed E-state index contributed by atoms with van der Waals surface area (Å²) in [6, 6.07) is 9.03. The monoisotopic (exact) mass is 227 g/mol. The normalized spacial score (nSPS) is 13.1. The molecular weight excluding hydrogens is 206 g/mol. The van der Waals surface area contributed by atoms with E-state index in [0.717, 1.165) is 6.42 Å². The Hall–Kier alpha value is -0.530. The first kappa shape index (κ1) is 14.5. The molecule has 0 fully saturated rings. The number of rotatable bonds is 2. The van der Waals surface area contributed by atoms with Gasteiger partial charge in [-0.3, -0.25) is 0 Å². The largest absolute Gasteiger partial charge is 0.328 e. The summed E-state index contributed by atoms with van der Waals surface area (Å²) < 4.78 is 0. The lowest BCUT2D eigenvalue weighted by Crippen LogP contribution is -2.18. The van der Waals surface area contributed by atoms with Crippen LogP contribution in [0.4, 0.5) is 0 Å². The van der Waals surface area contributed by atoms with E-state index in [-0.39, 0.29) is 23.9 Å². The van der Waals surface area contributed by atoms with Crippen LogP contribution in [-0.4, -0.2) is 6.04 Å². The SMILES string of the molecule is CC(N)Cc1ccc(C(C)(C)C)cc1.Cl. The molecule has 1 nitrogen and oxygen atoms in total. The Kier molecular flexibility index (Phi) is 5.33. The van der Waals surface area contributed by atoms with E-state index in [1.165, 1.54) is 11.1 Å². The van der Waals surface area contributed by atoms with Crippen molar-refractivity contribution >= 4 is 12.4 Å². The van der Waals surface area contributed by atoms with Gasteiger partial charge in [-0.05, 0) is 29.9 Å². The van der Waals surface area contributed by atoms with E-state index in [0.29, 0.717) is 0 Å². The van der Waals surface area contributed by atoms with Gasteiger partial charge in [0.05, 0.1) is 0 Å². The summed E-state index contributed by atoms with van der Waals surface area (Å²) >= 11 is 0. The number of hydrogen-bond donors (Lipinski definition) is 1. The Morgan fingerprint density at radius 1 is 1.13 bits per heavy atom. The van der Waals surface area contributed by atoms with Gasteiger partial charge in [0.25, 0.3) is 0 Å². The smallest absolute Gasteiger partial charge is 0.00509 e. The number of halogens is 1. The van der Waals surface area contributed by atoms with E-state index in [1.54, 1.807) is 0 Å². The predicted molar refractivity (Wildman–Crippen MR) is 69.7 cm³/mol. The first-order valence-corrected chi connectivity index (χ1v) is 5.24. The van der Waals surface area contributed by atoms with Crippen molar-refractivity contribution in [3.05, 3.63) is 35.4 Å². The fraction of sp³-hybridized carbons (Fsp3) is 0.538. The van der Waals surface area contributed by atoms with Crippen molar-refractivity contribution in [2.24, 2.45) is 5.73 Å². The lowest BCUT2D eigenvalue weighted by Gasteiger charge is -2.19. The minimum absolute atomic E-state index is 0. The van der Waals surface area contributed by atoms with E-state index in [2.05, 4.69) is 45.0 Å². The molecule has 0 saturated carbocycles. The molecule has 1 atom stereocenters. The van der Waals surface area contributed by atoms with Crippen LogP contribution in [0, 0.1) is 0 Å². The van der Waals surface area contributed by atoms with Crippen LogP contribution in [0.25, 0.3) is 0 Å². The van der Waals surface area contributed by atoms with Crippen molar-refractivity contribution < 1.29 is 0 Å². The molecule has 0 amide bonds. The lowest BCUT2D eigenvalue weighted by molar-refractivity contribution is 0.589. The maximum atomic E-state index is 5.75.